The average Bonchev–Trinajstić information content (AvgIpc) is 2.43. The first kappa shape index (κ1) is 17.0. The molecule has 1 unspecified atom stereocenters. The van der Waals surface area contributed by atoms with E-state index in [1.54, 1.807) is 0 Å². The Balaban J connectivity index is 2.07. The lowest BCUT2D eigenvalue weighted by molar-refractivity contribution is 0.304. The van der Waals surface area contributed by atoms with Crippen molar-refractivity contribution < 1.29 is 4.74 Å². The second kappa shape index (κ2) is 10.7. The molecule has 0 heterocycles. The van der Waals surface area contributed by atoms with Crippen LogP contribution < -0.4 is 10.5 Å². The Labute approximate surface area is 124 Å². The molecule has 0 amide bonds. The van der Waals surface area contributed by atoms with Gasteiger partial charge in [-0.25, -0.2) is 0 Å². The van der Waals surface area contributed by atoms with E-state index in [4.69, 9.17) is 10.5 Å². The second-order valence-corrected chi connectivity index (χ2v) is 5.80. The van der Waals surface area contributed by atoms with E-state index >= 15 is 0 Å². The summed E-state index contributed by atoms with van der Waals surface area (Å²) in [4.78, 5) is 0. The topological polar surface area (TPSA) is 35.2 Å². The Bertz CT molecular complexity index is 332. The van der Waals surface area contributed by atoms with Crippen LogP contribution in [0.5, 0.6) is 5.75 Å². The fraction of sp³-hybridized carbons (Fsp3) is 0.667. The van der Waals surface area contributed by atoms with Gasteiger partial charge in [0.05, 0.1) is 6.61 Å². The molecule has 0 radical (unpaired) electrons. The third kappa shape index (κ3) is 8.21. The highest BCUT2D eigenvalue weighted by Gasteiger charge is 1.99. The van der Waals surface area contributed by atoms with Gasteiger partial charge < -0.3 is 10.5 Å². The molecule has 1 atom stereocenters. The fourth-order valence-corrected chi connectivity index (χ4v) is 2.34. The van der Waals surface area contributed by atoms with E-state index in [1.165, 1.54) is 44.1 Å². The molecular weight excluding hydrogens is 246 g/mol. The van der Waals surface area contributed by atoms with Gasteiger partial charge in [-0.05, 0) is 37.5 Å². The normalized spacial score (nSPS) is 12.3. The van der Waals surface area contributed by atoms with Gasteiger partial charge in [0.2, 0.25) is 0 Å². The zero-order valence-electron chi connectivity index (χ0n) is 13.2. The maximum Gasteiger partial charge on any atom is 0.119 e. The van der Waals surface area contributed by atoms with Crippen molar-refractivity contribution in [1.82, 2.24) is 0 Å². The van der Waals surface area contributed by atoms with Crippen molar-refractivity contribution in [1.29, 1.82) is 0 Å². The minimum absolute atomic E-state index is 0.217. The highest BCUT2D eigenvalue weighted by Crippen LogP contribution is 2.14. The zero-order chi connectivity index (χ0) is 14.6. The van der Waals surface area contributed by atoms with Crippen LogP contribution in [-0.2, 0) is 6.42 Å². The summed E-state index contributed by atoms with van der Waals surface area (Å²) < 4.78 is 5.76. The zero-order valence-corrected chi connectivity index (χ0v) is 13.2. The average molecular weight is 277 g/mol. The first-order valence-corrected chi connectivity index (χ1v) is 8.19. The second-order valence-electron chi connectivity index (χ2n) is 5.80. The Hall–Kier alpha value is -1.02. The summed E-state index contributed by atoms with van der Waals surface area (Å²) in [6, 6.07) is 8.56. The van der Waals surface area contributed by atoms with Crippen LogP contribution in [0.15, 0.2) is 24.3 Å². The van der Waals surface area contributed by atoms with E-state index in [1.807, 2.05) is 6.92 Å². The molecule has 0 spiro atoms. The van der Waals surface area contributed by atoms with Crippen LogP contribution in [0.25, 0.3) is 0 Å². The molecular formula is C18H31NO. The standard InChI is InChI=1S/C18H31NO/c1-3-4-5-6-7-8-9-14-20-18-12-10-17(11-13-18)15-16(2)19/h10-13,16H,3-9,14-15,19H2,1-2H3. The molecule has 0 aliphatic rings. The van der Waals surface area contributed by atoms with Crippen LogP contribution in [-0.4, -0.2) is 12.6 Å². The molecule has 0 saturated carbocycles. The van der Waals surface area contributed by atoms with Crippen molar-refractivity contribution in [3.05, 3.63) is 29.8 Å². The van der Waals surface area contributed by atoms with Crippen molar-refractivity contribution in [2.45, 2.75) is 71.3 Å². The highest BCUT2D eigenvalue weighted by molar-refractivity contribution is 5.27. The van der Waals surface area contributed by atoms with Crippen LogP contribution in [0, 0.1) is 0 Å². The number of rotatable bonds is 11. The van der Waals surface area contributed by atoms with E-state index in [-0.39, 0.29) is 6.04 Å². The predicted octanol–water partition coefficient (Wildman–Crippen LogP) is 4.71. The molecule has 2 N–H and O–H groups in total. The molecule has 20 heavy (non-hydrogen) atoms. The Morgan fingerprint density at radius 1 is 0.950 bits per heavy atom. The van der Waals surface area contributed by atoms with Gasteiger partial charge in [0, 0.05) is 6.04 Å². The van der Waals surface area contributed by atoms with Crippen molar-refractivity contribution >= 4 is 0 Å². The Kier molecular flexibility index (Phi) is 9.14. The van der Waals surface area contributed by atoms with Gasteiger partial charge in [0.15, 0.2) is 0 Å². The maximum absolute atomic E-state index is 5.79. The molecule has 0 fully saturated rings. The van der Waals surface area contributed by atoms with Crippen LogP contribution >= 0.6 is 0 Å². The SMILES string of the molecule is CCCCCCCCCOc1ccc(CC(C)N)cc1. The van der Waals surface area contributed by atoms with E-state index in [9.17, 15) is 0 Å². The van der Waals surface area contributed by atoms with Crippen LogP contribution in [0.4, 0.5) is 0 Å². The quantitative estimate of drug-likeness (QED) is 0.595. The Morgan fingerprint density at radius 2 is 1.55 bits per heavy atom. The minimum atomic E-state index is 0.217. The summed E-state index contributed by atoms with van der Waals surface area (Å²) in [6.45, 7) is 5.12. The number of benzene rings is 1. The molecule has 0 aromatic heterocycles. The Morgan fingerprint density at radius 3 is 2.15 bits per heavy atom. The summed E-state index contributed by atoms with van der Waals surface area (Å²) in [5, 5.41) is 0. The summed E-state index contributed by atoms with van der Waals surface area (Å²) >= 11 is 0. The fourth-order valence-electron chi connectivity index (χ4n) is 2.34. The molecule has 1 aromatic rings. The number of ether oxygens (including phenoxy) is 1. The van der Waals surface area contributed by atoms with Gasteiger partial charge in [-0.1, -0.05) is 57.6 Å². The number of unbranched alkanes of at least 4 members (excludes halogenated alkanes) is 6. The maximum atomic E-state index is 5.79. The van der Waals surface area contributed by atoms with Gasteiger partial charge in [0.1, 0.15) is 5.75 Å². The number of hydrogen-bond acceptors (Lipinski definition) is 2. The van der Waals surface area contributed by atoms with Gasteiger partial charge in [-0.15, -0.1) is 0 Å². The summed E-state index contributed by atoms with van der Waals surface area (Å²) in [7, 11) is 0. The molecule has 0 saturated heterocycles. The lowest BCUT2D eigenvalue weighted by Crippen LogP contribution is -2.17. The molecule has 0 aliphatic heterocycles. The molecule has 0 aliphatic carbocycles. The summed E-state index contributed by atoms with van der Waals surface area (Å²) in [5.41, 5.74) is 7.07. The van der Waals surface area contributed by atoms with Gasteiger partial charge in [-0.2, -0.15) is 0 Å². The van der Waals surface area contributed by atoms with E-state index < -0.39 is 0 Å². The van der Waals surface area contributed by atoms with Crippen molar-refractivity contribution in [2.24, 2.45) is 5.73 Å². The predicted molar refractivity (Wildman–Crippen MR) is 87.3 cm³/mol. The first-order valence-electron chi connectivity index (χ1n) is 8.19. The van der Waals surface area contributed by atoms with Crippen molar-refractivity contribution in [2.75, 3.05) is 6.61 Å². The molecule has 114 valence electrons. The third-order valence-electron chi connectivity index (χ3n) is 3.50. The smallest absolute Gasteiger partial charge is 0.119 e. The minimum Gasteiger partial charge on any atom is -0.494 e. The van der Waals surface area contributed by atoms with Gasteiger partial charge in [0.25, 0.3) is 0 Å². The molecule has 2 nitrogen and oxygen atoms in total. The van der Waals surface area contributed by atoms with Gasteiger partial charge in [-0.3, -0.25) is 0 Å². The lowest BCUT2D eigenvalue weighted by Gasteiger charge is -2.08. The molecule has 1 rings (SSSR count). The van der Waals surface area contributed by atoms with Crippen LogP contribution in [0.2, 0.25) is 0 Å². The largest absolute Gasteiger partial charge is 0.494 e. The summed E-state index contributed by atoms with van der Waals surface area (Å²) in [5.74, 6) is 0.976. The molecule has 1 aromatic carbocycles. The number of hydrogen-bond donors (Lipinski definition) is 1. The van der Waals surface area contributed by atoms with Crippen LogP contribution in [0.3, 0.4) is 0 Å². The highest BCUT2D eigenvalue weighted by atomic mass is 16.5. The number of nitrogens with two attached hydrogens (primary N) is 1. The monoisotopic (exact) mass is 277 g/mol. The third-order valence-corrected chi connectivity index (χ3v) is 3.50. The van der Waals surface area contributed by atoms with Crippen LogP contribution in [0.1, 0.15) is 64.4 Å². The van der Waals surface area contributed by atoms with Crippen molar-refractivity contribution in [3.63, 3.8) is 0 Å². The van der Waals surface area contributed by atoms with Crippen molar-refractivity contribution in [3.8, 4) is 5.75 Å². The molecule has 0 bridgehead atoms. The first-order chi connectivity index (χ1) is 9.72. The van der Waals surface area contributed by atoms with E-state index in [0.717, 1.165) is 25.2 Å². The van der Waals surface area contributed by atoms with Gasteiger partial charge >= 0.3 is 0 Å². The molecule has 2 heteroatoms. The lowest BCUT2D eigenvalue weighted by atomic mass is 10.1. The van der Waals surface area contributed by atoms with E-state index in [2.05, 4.69) is 31.2 Å². The summed E-state index contributed by atoms with van der Waals surface area (Å²) in [6.07, 6.45) is 10.2. The van der Waals surface area contributed by atoms with E-state index in [0.29, 0.717) is 0 Å².